The number of carbonyl (C=O) groups is 2. The first-order valence-corrected chi connectivity index (χ1v) is 12.5. The summed E-state index contributed by atoms with van der Waals surface area (Å²) < 4.78 is 11.3. The van der Waals surface area contributed by atoms with Crippen molar-refractivity contribution < 1.29 is 29.3 Å². The van der Waals surface area contributed by atoms with E-state index in [1.807, 2.05) is 0 Å². The number of benzene rings is 2. The van der Waals surface area contributed by atoms with Gasteiger partial charge in [0.25, 0.3) is 5.78 Å². The van der Waals surface area contributed by atoms with Crippen LogP contribution in [0.15, 0.2) is 58.0 Å². The summed E-state index contributed by atoms with van der Waals surface area (Å²) in [6, 6.07) is 8.84. The molecule has 2 aromatic carbocycles. The minimum absolute atomic E-state index is 0.101. The maximum Gasteiger partial charge on any atom is 0.301 e. The van der Waals surface area contributed by atoms with E-state index in [0.29, 0.717) is 33.1 Å². The molecule has 1 saturated heterocycles. The highest BCUT2D eigenvalue weighted by Gasteiger charge is 2.48. The number of hydrogen-bond acceptors (Lipinski definition) is 8. The van der Waals surface area contributed by atoms with E-state index in [2.05, 4.69) is 27.8 Å². The van der Waals surface area contributed by atoms with Gasteiger partial charge in [-0.2, -0.15) is 0 Å². The first kappa shape index (κ1) is 24.7. The third-order valence-corrected chi connectivity index (χ3v) is 6.91. The quantitative estimate of drug-likeness (QED) is 0.164. The van der Waals surface area contributed by atoms with Gasteiger partial charge in [-0.1, -0.05) is 25.5 Å². The van der Waals surface area contributed by atoms with Crippen LogP contribution in [0.1, 0.15) is 36.9 Å². The average Bonchev–Trinajstić information content (AvgIpc) is 3.47. The number of unbranched alkanes of at least 4 members (excludes halogenated alkanes) is 1. The molecule has 2 N–H and O–H groups in total. The second-order valence-electron chi connectivity index (χ2n) is 7.77. The molecule has 2 heterocycles. The summed E-state index contributed by atoms with van der Waals surface area (Å²) >= 11 is 4.49. The normalized spacial score (nSPS) is 17.1. The Bertz CT molecular complexity index is 1290. The fourth-order valence-corrected chi connectivity index (χ4v) is 4.94. The zero-order chi connectivity index (χ0) is 25.1. The van der Waals surface area contributed by atoms with E-state index in [-0.39, 0.29) is 22.8 Å². The molecule has 0 aliphatic carbocycles. The lowest BCUT2D eigenvalue weighted by atomic mass is 9.95. The van der Waals surface area contributed by atoms with Crippen LogP contribution >= 0.6 is 27.3 Å². The van der Waals surface area contributed by atoms with Crippen LogP contribution in [0.4, 0.5) is 5.13 Å². The van der Waals surface area contributed by atoms with E-state index in [1.165, 1.54) is 35.6 Å². The summed E-state index contributed by atoms with van der Waals surface area (Å²) in [5.41, 5.74) is 0.680. The summed E-state index contributed by atoms with van der Waals surface area (Å²) in [6.07, 6.45) is 3.39. The largest absolute Gasteiger partial charge is 0.507 e. The molecule has 0 spiro atoms. The van der Waals surface area contributed by atoms with Crippen molar-refractivity contribution in [1.29, 1.82) is 0 Å². The van der Waals surface area contributed by atoms with Crippen molar-refractivity contribution in [3.05, 3.63) is 69.1 Å². The zero-order valence-corrected chi connectivity index (χ0v) is 21.4. The summed E-state index contributed by atoms with van der Waals surface area (Å²) in [4.78, 5) is 31.9. The molecule has 1 amide bonds. The van der Waals surface area contributed by atoms with Crippen molar-refractivity contribution >= 4 is 49.8 Å². The van der Waals surface area contributed by atoms with Gasteiger partial charge in [0.15, 0.2) is 16.6 Å². The van der Waals surface area contributed by atoms with Gasteiger partial charge in [0.2, 0.25) is 0 Å². The van der Waals surface area contributed by atoms with Crippen LogP contribution in [0.25, 0.3) is 5.76 Å². The lowest BCUT2D eigenvalue weighted by molar-refractivity contribution is -0.132. The van der Waals surface area contributed by atoms with Crippen molar-refractivity contribution in [3.63, 3.8) is 0 Å². The van der Waals surface area contributed by atoms with Crippen LogP contribution in [0.2, 0.25) is 0 Å². The number of hydrogen-bond donors (Lipinski definition) is 2. The summed E-state index contributed by atoms with van der Waals surface area (Å²) in [5.74, 6) is -1.43. The average molecular weight is 559 g/mol. The highest BCUT2D eigenvalue weighted by Crippen LogP contribution is 2.46. The van der Waals surface area contributed by atoms with E-state index in [4.69, 9.17) is 9.47 Å². The van der Waals surface area contributed by atoms with E-state index in [1.54, 1.807) is 35.7 Å². The first-order valence-electron chi connectivity index (χ1n) is 10.9. The van der Waals surface area contributed by atoms with Gasteiger partial charge in [-0.15, -0.1) is 11.3 Å². The van der Waals surface area contributed by atoms with Gasteiger partial charge < -0.3 is 19.7 Å². The summed E-state index contributed by atoms with van der Waals surface area (Å²) in [5, 5.41) is 23.6. The SMILES string of the molecule is CCCCOc1cccc(/C(O)=C2\C(=O)C(=O)N(c3nccs3)C2c2cc(Br)c(O)c(OC)c2)c1. The van der Waals surface area contributed by atoms with Crippen molar-refractivity contribution in [2.75, 3.05) is 18.6 Å². The van der Waals surface area contributed by atoms with E-state index in [0.717, 1.165) is 12.8 Å². The Hall–Kier alpha value is -3.37. The number of carbonyl (C=O) groups excluding carboxylic acids is 2. The zero-order valence-electron chi connectivity index (χ0n) is 19.0. The second kappa shape index (κ2) is 10.5. The number of phenolic OH excluding ortho intramolecular Hbond substituents is 1. The number of ether oxygens (including phenoxy) is 2. The molecule has 4 rings (SSSR count). The number of Topliss-reactive ketones (excluding diaryl/α,β-unsaturated/α-hetero) is 1. The minimum Gasteiger partial charge on any atom is -0.507 e. The number of aliphatic hydroxyl groups is 1. The molecule has 10 heteroatoms. The number of rotatable bonds is 8. The van der Waals surface area contributed by atoms with Crippen LogP contribution in [0.5, 0.6) is 17.2 Å². The molecule has 8 nitrogen and oxygen atoms in total. The van der Waals surface area contributed by atoms with Crippen LogP contribution in [-0.4, -0.2) is 40.6 Å². The lowest BCUT2D eigenvalue weighted by Gasteiger charge is -2.24. The number of phenols is 1. The van der Waals surface area contributed by atoms with Crippen molar-refractivity contribution in [3.8, 4) is 17.2 Å². The number of amides is 1. The number of aromatic hydroxyl groups is 1. The first-order chi connectivity index (χ1) is 16.9. The van der Waals surface area contributed by atoms with Gasteiger partial charge in [-0.3, -0.25) is 14.5 Å². The smallest absolute Gasteiger partial charge is 0.301 e. The molecule has 0 bridgehead atoms. The molecular formula is C25H23BrN2O6S. The molecule has 1 atom stereocenters. The predicted octanol–water partition coefficient (Wildman–Crippen LogP) is 5.43. The molecule has 35 heavy (non-hydrogen) atoms. The maximum absolute atomic E-state index is 13.3. The standard InChI is InChI=1S/C25H23BrN2O6S/c1-3-4-9-34-16-7-5-6-14(11-16)21(29)19-20(15-12-17(26)22(30)18(13-15)33-2)28(24(32)23(19)31)25-27-8-10-35-25/h5-8,10-13,20,29-30H,3-4,9H2,1-2H3/b21-19+. The summed E-state index contributed by atoms with van der Waals surface area (Å²) in [6.45, 7) is 2.58. The van der Waals surface area contributed by atoms with Crippen LogP contribution in [0, 0.1) is 0 Å². The van der Waals surface area contributed by atoms with Crippen molar-refractivity contribution in [1.82, 2.24) is 4.98 Å². The number of nitrogens with zero attached hydrogens (tertiary/aromatic N) is 2. The molecule has 1 unspecified atom stereocenters. The third-order valence-electron chi connectivity index (χ3n) is 5.53. The molecule has 0 saturated carbocycles. The van der Waals surface area contributed by atoms with E-state index >= 15 is 0 Å². The number of thiazole rings is 1. The number of ketones is 1. The summed E-state index contributed by atoms with van der Waals surface area (Å²) in [7, 11) is 1.40. The lowest BCUT2D eigenvalue weighted by Crippen LogP contribution is -2.29. The highest BCUT2D eigenvalue weighted by molar-refractivity contribution is 9.10. The minimum atomic E-state index is -1.00. The molecule has 0 radical (unpaired) electrons. The highest BCUT2D eigenvalue weighted by atomic mass is 79.9. The Labute approximate surface area is 214 Å². The number of halogens is 1. The number of aromatic nitrogens is 1. The van der Waals surface area contributed by atoms with E-state index < -0.39 is 17.7 Å². The van der Waals surface area contributed by atoms with Gasteiger partial charge in [0.05, 0.1) is 29.8 Å². The third kappa shape index (κ3) is 4.76. The second-order valence-corrected chi connectivity index (χ2v) is 9.49. The number of aliphatic hydroxyl groups excluding tert-OH is 1. The van der Waals surface area contributed by atoms with Crippen LogP contribution in [0.3, 0.4) is 0 Å². The van der Waals surface area contributed by atoms with Crippen molar-refractivity contribution in [2.45, 2.75) is 25.8 Å². The van der Waals surface area contributed by atoms with Crippen molar-refractivity contribution in [2.24, 2.45) is 0 Å². The molecule has 3 aromatic rings. The Morgan fingerprint density at radius 1 is 1.26 bits per heavy atom. The topological polar surface area (TPSA) is 109 Å². The van der Waals surface area contributed by atoms with Crippen LogP contribution < -0.4 is 14.4 Å². The van der Waals surface area contributed by atoms with Gasteiger partial charge in [-0.25, -0.2) is 4.98 Å². The van der Waals surface area contributed by atoms with Gasteiger partial charge in [-0.05, 0) is 52.2 Å². The monoisotopic (exact) mass is 558 g/mol. The Kier molecular flexibility index (Phi) is 7.42. The number of anilines is 1. The van der Waals surface area contributed by atoms with Gasteiger partial charge in [0.1, 0.15) is 11.5 Å². The molecule has 1 aliphatic heterocycles. The van der Waals surface area contributed by atoms with Gasteiger partial charge in [0, 0.05) is 17.1 Å². The molecular weight excluding hydrogens is 536 g/mol. The fourth-order valence-electron chi connectivity index (χ4n) is 3.81. The fraction of sp³-hybridized carbons (Fsp3) is 0.240. The van der Waals surface area contributed by atoms with Crippen LogP contribution in [-0.2, 0) is 9.59 Å². The Morgan fingerprint density at radius 3 is 2.74 bits per heavy atom. The van der Waals surface area contributed by atoms with E-state index in [9.17, 15) is 19.8 Å². The predicted molar refractivity (Wildman–Crippen MR) is 136 cm³/mol. The Morgan fingerprint density at radius 2 is 2.06 bits per heavy atom. The molecule has 1 aromatic heterocycles. The maximum atomic E-state index is 13.3. The molecule has 1 fully saturated rings. The number of methoxy groups -OCH3 is 1. The Balaban J connectivity index is 1.88. The molecule has 1 aliphatic rings. The molecule has 182 valence electrons. The van der Waals surface area contributed by atoms with Gasteiger partial charge >= 0.3 is 5.91 Å².